The molecule has 0 bridgehead atoms. The van der Waals surface area contributed by atoms with Gasteiger partial charge in [-0.25, -0.2) is 10.2 Å². The maximum atomic E-state index is 10.4. The number of carbonyl (C=O) groups excluding carboxylic acids is 2. The molecule has 0 heterocycles. The minimum Gasteiger partial charge on any atom is -0.449 e. The van der Waals surface area contributed by atoms with Gasteiger partial charge in [0.15, 0.2) is 0 Å². The zero-order valence-electron chi connectivity index (χ0n) is 6.03. The molecule has 0 fully saturated rings. The standard InChI is InChI=1S/C5H9N3O3/c1-2-11-5(10)8-7-3-4(6)9/h3H,2H2,1H3,(H2,6,9)(H,8,10)/b7-3+. The zero-order chi connectivity index (χ0) is 8.69. The van der Waals surface area contributed by atoms with E-state index in [2.05, 4.69) is 15.6 Å². The fourth-order valence-corrected chi connectivity index (χ4v) is 0.312. The Morgan fingerprint density at radius 3 is 2.82 bits per heavy atom. The minimum atomic E-state index is -0.734. The smallest absolute Gasteiger partial charge is 0.427 e. The number of primary amides is 1. The minimum absolute atomic E-state index is 0.248. The fourth-order valence-electron chi connectivity index (χ4n) is 0.312. The Labute approximate surface area is 63.4 Å². The van der Waals surface area contributed by atoms with Crippen molar-refractivity contribution in [3.63, 3.8) is 0 Å². The van der Waals surface area contributed by atoms with E-state index < -0.39 is 12.0 Å². The van der Waals surface area contributed by atoms with Crippen LogP contribution in [0.15, 0.2) is 5.10 Å². The lowest BCUT2D eigenvalue weighted by atomic mass is 10.7. The molecule has 0 aliphatic rings. The number of hydrogen-bond donors (Lipinski definition) is 2. The highest BCUT2D eigenvalue weighted by Gasteiger charge is 1.94. The zero-order valence-corrected chi connectivity index (χ0v) is 6.03. The quantitative estimate of drug-likeness (QED) is 0.417. The summed E-state index contributed by atoms with van der Waals surface area (Å²) in [5.74, 6) is -0.734. The van der Waals surface area contributed by atoms with Crippen LogP contribution in [0, 0.1) is 0 Å². The van der Waals surface area contributed by atoms with Gasteiger partial charge < -0.3 is 10.5 Å². The molecule has 0 aliphatic carbocycles. The Kier molecular flexibility index (Phi) is 4.46. The number of nitrogens with zero attached hydrogens (tertiary/aromatic N) is 1. The summed E-state index contributed by atoms with van der Waals surface area (Å²) in [7, 11) is 0. The number of nitrogens with two attached hydrogens (primary N) is 1. The number of carbonyl (C=O) groups is 2. The number of nitrogens with one attached hydrogen (secondary N) is 1. The molecule has 0 aromatic rings. The van der Waals surface area contributed by atoms with Gasteiger partial charge in [-0.15, -0.1) is 0 Å². The molecule has 0 aliphatic heterocycles. The molecule has 3 N–H and O–H groups in total. The molecule has 0 atom stereocenters. The first-order chi connectivity index (χ1) is 5.16. The molecule has 11 heavy (non-hydrogen) atoms. The number of amides is 2. The second kappa shape index (κ2) is 5.21. The molecule has 0 saturated carbocycles. The highest BCUT2D eigenvalue weighted by Crippen LogP contribution is 1.73. The van der Waals surface area contributed by atoms with Gasteiger partial charge >= 0.3 is 6.09 Å². The molecule has 6 nitrogen and oxygen atoms in total. The average Bonchev–Trinajstić information content (AvgIpc) is 1.87. The molecule has 2 amide bonds. The lowest BCUT2D eigenvalue weighted by Crippen LogP contribution is -2.21. The SMILES string of the molecule is CCOC(=O)N/N=C/C(N)=O. The summed E-state index contributed by atoms with van der Waals surface area (Å²) < 4.78 is 4.41. The van der Waals surface area contributed by atoms with Gasteiger partial charge in [0.2, 0.25) is 0 Å². The first-order valence-corrected chi connectivity index (χ1v) is 2.92. The molecule has 0 rings (SSSR count). The van der Waals surface area contributed by atoms with E-state index in [0.717, 1.165) is 6.21 Å². The van der Waals surface area contributed by atoms with E-state index >= 15 is 0 Å². The van der Waals surface area contributed by atoms with E-state index in [1.807, 2.05) is 5.43 Å². The van der Waals surface area contributed by atoms with E-state index in [1.165, 1.54) is 0 Å². The van der Waals surface area contributed by atoms with E-state index in [1.54, 1.807) is 6.92 Å². The highest BCUT2D eigenvalue weighted by molar-refractivity contribution is 6.25. The predicted octanol–water partition coefficient (Wildman–Crippen LogP) is -0.796. The maximum Gasteiger partial charge on any atom is 0.427 e. The molecule has 0 aromatic heterocycles. The monoisotopic (exact) mass is 159 g/mol. The van der Waals surface area contributed by atoms with Crippen molar-refractivity contribution < 1.29 is 14.3 Å². The molecule has 0 aromatic carbocycles. The Bertz CT molecular complexity index is 178. The lowest BCUT2D eigenvalue weighted by molar-refractivity contribution is -0.111. The molecule has 0 radical (unpaired) electrons. The van der Waals surface area contributed by atoms with Gasteiger partial charge in [0.05, 0.1) is 6.61 Å². The summed E-state index contributed by atoms with van der Waals surface area (Å²) in [6.45, 7) is 1.90. The largest absolute Gasteiger partial charge is 0.449 e. The van der Waals surface area contributed by atoms with E-state index in [4.69, 9.17) is 0 Å². The molecule has 0 saturated heterocycles. The van der Waals surface area contributed by atoms with Crippen molar-refractivity contribution in [1.29, 1.82) is 0 Å². The molecule has 0 spiro atoms. The Morgan fingerprint density at radius 1 is 1.73 bits per heavy atom. The van der Waals surface area contributed by atoms with Crippen LogP contribution in [0.25, 0.3) is 0 Å². The van der Waals surface area contributed by atoms with Gasteiger partial charge in [-0.2, -0.15) is 5.10 Å². The first kappa shape index (κ1) is 9.41. The Balaban J connectivity index is 3.53. The van der Waals surface area contributed by atoms with E-state index in [-0.39, 0.29) is 6.61 Å². The van der Waals surface area contributed by atoms with Crippen molar-refractivity contribution in [2.24, 2.45) is 10.8 Å². The molecule has 6 heteroatoms. The topological polar surface area (TPSA) is 93.8 Å². The van der Waals surface area contributed by atoms with Crippen LogP contribution >= 0.6 is 0 Å². The van der Waals surface area contributed by atoms with Gasteiger partial charge in [0.25, 0.3) is 5.91 Å². The lowest BCUT2D eigenvalue weighted by Gasteiger charge is -1.97. The van der Waals surface area contributed by atoms with Crippen molar-refractivity contribution in [2.75, 3.05) is 6.61 Å². The summed E-state index contributed by atoms with van der Waals surface area (Å²) in [6, 6.07) is 0. The normalized spacial score (nSPS) is 9.55. The van der Waals surface area contributed by atoms with Crippen molar-refractivity contribution >= 4 is 18.2 Å². The van der Waals surface area contributed by atoms with Gasteiger partial charge in [-0.1, -0.05) is 0 Å². The van der Waals surface area contributed by atoms with Crippen molar-refractivity contribution in [3.05, 3.63) is 0 Å². The van der Waals surface area contributed by atoms with E-state index in [9.17, 15) is 9.59 Å². The number of hydrazone groups is 1. The van der Waals surface area contributed by atoms with Gasteiger partial charge in [0.1, 0.15) is 6.21 Å². The van der Waals surface area contributed by atoms with Crippen LogP contribution in [0.3, 0.4) is 0 Å². The van der Waals surface area contributed by atoms with Gasteiger partial charge in [-0.3, -0.25) is 4.79 Å². The number of hydrogen-bond acceptors (Lipinski definition) is 4. The molecule has 62 valence electrons. The van der Waals surface area contributed by atoms with Crippen molar-refractivity contribution in [1.82, 2.24) is 5.43 Å². The fraction of sp³-hybridized carbons (Fsp3) is 0.400. The molecule has 0 unspecified atom stereocenters. The Hall–Kier alpha value is -1.59. The van der Waals surface area contributed by atoms with Crippen molar-refractivity contribution in [2.45, 2.75) is 6.92 Å². The average molecular weight is 159 g/mol. The second-order valence-electron chi connectivity index (χ2n) is 1.49. The van der Waals surface area contributed by atoms with Crippen LogP contribution in [-0.4, -0.2) is 24.8 Å². The van der Waals surface area contributed by atoms with E-state index in [0.29, 0.717) is 0 Å². The summed E-state index contributed by atoms with van der Waals surface area (Å²) in [5.41, 5.74) is 6.59. The molecular formula is C5H9N3O3. The third kappa shape index (κ3) is 6.29. The summed E-state index contributed by atoms with van der Waals surface area (Å²) in [5, 5.41) is 3.17. The van der Waals surface area contributed by atoms with Crippen LogP contribution in [0.2, 0.25) is 0 Å². The number of ether oxygens (including phenoxy) is 1. The van der Waals surface area contributed by atoms with Crippen LogP contribution < -0.4 is 11.2 Å². The molecular weight excluding hydrogens is 150 g/mol. The second-order valence-corrected chi connectivity index (χ2v) is 1.49. The predicted molar refractivity (Wildman–Crippen MR) is 37.8 cm³/mol. The van der Waals surface area contributed by atoms with Crippen LogP contribution in [-0.2, 0) is 9.53 Å². The van der Waals surface area contributed by atoms with Gasteiger partial charge in [-0.05, 0) is 6.92 Å². The van der Waals surface area contributed by atoms with Crippen LogP contribution in [0.4, 0.5) is 4.79 Å². The van der Waals surface area contributed by atoms with Crippen LogP contribution in [0.5, 0.6) is 0 Å². The third-order valence-electron chi connectivity index (χ3n) is 0.623. The maximum absolute atomic E-state index is 10.4. The third-order valence-corrected chi connectivity index (χ3v) is 0.623. The van der Waals surface area contributed by atoms with Crippen molar-refractivity contribution in [3.8, 4) is 0 Å². The summed E-state index contributed by atoms with van der Waals surface area (Å²) in [6.07, 6.45) is 0.0571. The first-order valence-electron chi connectivity index (χ1n) is 2.92. The summed E-state index contributed by atoms with van der Waals surface area (Å²) >= 11 is 0. The number of rotatable bonds is 3. The van der Waals surface area contributed by atoms with Crippen LogP contribution in [0.1, 0.15) is 6.92 Å². The summed E-state index contributed by atoms with van der Waals surface area (Å²) in [4.78, 5) is 20.4. The van der Waals surface area contributed by atoms with Gasteiger partial charge in [0, 0.05) is 0 Å². The Morgan fingerprint density at radius 2 is 2.36 bits per heavy atom. The highest BCUT2D eigenvalue weighted by atomic mass is 16.5.